The van der Waals surface area contributed by atoms with Crippen LogP contribution in [0.1, 0.15) is 37.6 Å². The highest BCUT2D eigenvalue weighted by Gasteiger charge is 2.31. The van der Waals surface area contributed by atoms with E-state index < -0.39 is 0 Å². The van der Waals surface area contributed by atoms with E-state index in [4.69, 9.17) is 14.5 Å². The Bertz CT molecular complexity index is 1260. The molecule has 0 radical (unpaired) electrons. The average Bonchev–Trinajstić information content (AvgIpc) is 3.64. The molecule has 0 spiro atoms. The molecule has 10 nitrogen and oxygen atoms in total. The van der Waals surface area contributed by atoms with Gasteiger partial charge in [0.15, 0.2) is 5.13 Å². The molecule has 2 N–H and O–H groups in total. The summed E-state index contributed by atoms with van der Waals surface area (Å²) in [7, 11) is 0. The molecule has 2 amide bonds. The molecule has 2 aliphatic heterocycles. The molecule has 0 saturated carbocycles. The maximum Gasteiger partial charge on any atom is 0.253 e. The lowest BCUT2D eigenvalue weighted by atomic mass is 10.0. The number of hydrogen-bond acceptors (Lipinski definition) is 8. The normalized spacial score (nSPS) is 23.7. The van der Waals surface area contributed by atoms with Crippen molar-refractivity contribution < 1.29 is 19.1 Å². The van der Waals surface area contributed by atoms with Gasteiger partial charge in [-0.2, -0.15) is 0 Å². The van der Waals surface area contributed by atoms with Crippen LogP contribution in [0.15, 0.2) is 42.0 Å². The fourth-order valence-electron chi connectivity index (χ4n) is 4.71. The Kier molecular flexibility index (Phi) is 7.27. The standard InChI is InChI=1S/C26H32N6O4S/c1-17-12-31(13-18(2)36-17)22-6-4-5-20(28-22)21-15-37-25(29-21)30-23(33)11-27-24(34)19-7-9-32(14-19)26(3)8-10-35-16-26/h4-7,9,14-15,17-18H,8,10-13,16H2,1-3H3,(H,27,34)(H,29,30,33)/t17-,18+,26?. The zero-order chi connectivity index (χ0) is 26.0. The number of pyridine rings is 1. The van der Waals surface area contributed by atoms with E-state index in [1.807, 2.05) is 34.3 Å². The van der Waals surface area contributed by atoms with E-state index in [2.05, 4.69) is 41.3 Å². The number of nitrogens with zero attached hydrogens (tertiary/aromatic N) is 4. The Morgan fingerprint density at radius 1 is 1.16 bits per heavy atom. The summed E-state index contributed by atoms with van der Waals surface area (Å²) in [5, 5.41) is 7.76. The van der Waals surface area contributed by atoms with Crippen LogP contribution < -0.4 is 15.5 Å². The summed E-state index contributed by atoms with van der Waals surface area (Å²) in [6.07, 6.45) is 4.85. The van der Waals surface area contributed by atoms with Gasteiger partial charge < -0.3 is 29.6 Å². The van der Waals surface area contributed by atoms with Crippen molar-refractivity contribution in [1.82, 2.24) is 19.9 Å². The van der Waals surface area contributed by atoms with E-state index in [1.54, 1.807) is 12.3 Å². The molecule has 0 bridgehead atoms. The number of amides is 2. The van der Waals surface area contributed by atoms with Crippen molar-refractivity contribution in [3.8, 4) is 11.4 Å². The first-order valence-electron chi connectivity index (χ1n) is 12.5. The average molecular weight is 525 g/mol. The Morgan fingerprint density at radius 3 is 2.73 bits per heavy atom. The zero-order valence-electron chi connectivity index (χ0n) is 21.3. The second kappa shape index (κ2) is 10.6. The zero-order valence-corrected chi connectivity index (χ0v) is 22.1. The summed E-state index contributed by atoms with van der Waals surface area (Å²) < 4.78 is 13.3. The molecule has 2 fully saturated rings. The van der Waals surface area contributed by atoms with Crippen LogP contribution in [0.4, 0.5) is 10.9 Å². The predicted octanol–water partition coefficient (Wildman–Crippen LogP) is 3.12. The highest BCUT2D eigenvalue weighted by Crippen LogP contribution is 2.28. The number of rotatable bonds is 7. The van der Waals surface area contributed by atoms with Crippen molar-refractivity contribution in [1.29, 1.82) is 0 Å². The molecular weight excluding hydrogens is 492 g/mol. The largest absolute Gasteiger partial charge is 0.379 e. The topological polar surface area (TPSA) is 111 Å². The van der Waals surface area contributed by atoms with Gasteiger partial charge in [-0.1, -0.05) is 6.07 Å². The maximum atomic E-state index is 12.6. The summed E-state index contributed by atoms with van der Waals surface area (Å²) >= 11 is 1.32. The minimum atomic E-state index is -0.345. The first kappa shape index (κ1) is 25.4. The number of morpholine rings is 1. The lowest BCUT2D eigenvalue weighted by Crippen LogP contribution is -2.45. The van der Waals surface area contributed by atoms with Crippen LogP contribution in [0.25, 0.3) is 11.4 Å². The van der Waals surface area contributed by atoms with Crippen LogP contribution in [-0.2, 0) is 19.8 Å². The number of carbonyl (C=O) groups excluding carboxylic acids is 2. The lowest BCUT2D eigenvalue weighted by molar-refractivity contribution is -0.115. The van der Waals surface area contributed by atoms with Crippen molar-refractivity contribution >= 4 is 34.1 Å². The lowest BCUT2D eigenvalue weighted by Gasteiger charge is -2.36. The van der Waals surface area contributed by atoms with Crippen molar-refractivity contribution in [3.63, 3.8) is 0 Å². The number of thiazole rings is 1. The van der Waals surface area contributed by atoms with Gasteiger partial charge in [0.2, 0.25) is 5.91 Å². The van der Waals surface area contributed by atoms with Crippen molar-refractivity contribution in [3.05, 3.63) is 47.6 Å². The van der Waals surface area contributed by atoms with E-state index in [9.17, 15) is 9.59 Å². The molecule has 3 atom stereocenters. The molecule has 0 aromatic carbocycles. The minimum absolute atomic E-state index is 0.140. The molecule has 0 aliphatic carbocycles. The van der Waals surface area contributed by atoms with Crippen LogP contribution in [0.5, 0.6) is 0 Å². The van der Waals surface area contributed by atoms with Gasteiger partial charge in [0, 0.05) is 37.5 Å². The predicted molar refractivity (Wildman–Crippen MR) is 142 cm³/mol. The number of hydrogen-bond donors (Lipinski definition) is 2. The SMILES string of the molecule is C[C@@H]1CN(c2cccc(-c3csc(NC(=O)CNC(=O)c4ccn(C5(C)CCOC5)c4)n3)n2)C[C@H](C)O1. The van der Waals surface area contributed by atoms with Crippen molar-refractivity contribution in [2.45, 2.75) is 44.9 Å². The van der Waals surface area contributed by atoms with E-state index in [0.29, 0.717) is 29.6 Å². The summed E-state index contributed by atoms with van der Waals surface area (Å²) in [5.74, 6) is 0.232. The highest BCUT2D eigenvalue weighted by molar-refractivity contribution is 7.14. The van der Waals surface area contributed by atoms with Gasteiger partial charge in [0.25, 0.3) is 5.91 Å². The van der Waals surface area contributed by atoms with Gasteiger partial charge in [-0.3, -0.25) is 9.59 Å². The summed E-state index contributed by atoms with van der Waals surface area (Å²) in [5.41, 5.74) is 1.78. The molecule has 5 rings (SSSR count). The molecule has 196 valence electrons. The van der Waals surface area contributed by atoms with Crippen molar-refractivity contribution in [2.75, 3.05) is 43.1 Å². The first-order valence-corrected chi connectivity index (χ1v) is 13.3. The fourth-order valence-corrected chi connectivity index (χ4v) is 5.43. The quantitative estimate of drug-likeness (QED) is 0.489. The minimum Gasteiger partial charge on any atom is -0.379 e. The molecule has 5 heterocycles. The van der Waals surface area contributed by atoms with Gasteiger partial charge in [-0.15, -0.1) is 11.3 Å². The molecule has 11 heteroatoms. The number of ether oxygens (including phenoxy) is 2. The van der Waals surface area contributed by atoms with E-state index in [-0.39, 0.29) is 36.1 Å². The van der Waals surface area contributed by atoms with Gasteiger partial charge in [-0.25, -0.2) is 9.97 Å². The monoisotopic (exact) mass is 524 g/mol. The molecular formula is C26H32N6O4S. The Balaban J connectivity index is 1.16. The van der Waals surface area contributed by atoms with Crippen LogP contribution in [0, 0.1) is 0 Å². The second-order valence-electron chi connectivity index (χ2n) is 9.92. The molecule has 3 aromatic heterocycles. The Hall–Kier alpha value is -3.28. The van der Waals surface area contributed by atoms with Gasteiger partial charge in [-0.05, 0) is 45.4 Å². The smallest absolute Gasteiger partial charge is 0.253 e. The molecule has 3 aromatic rings. The second-order valence-corrected chi connectivity index (χ2v) is 10.8. The van der Waals surface area contributed by atoms with Gasteiger partial charge >= 0.3 is 0 Å². The first-order chi connectivity index (χ1) is 17.8. The Morgan fingerprint density at radius 2 is 1.97 bits per heavy atom. The van der Waals surface area contributed by atoms with Crippen LogP contribution in [-0.4, -0.2) is 71.4 Å². The highest BCUT2D eigenvalue weighted by atomic mass is 32.1. The summed E-state index contributed by atoms with van der Waals surface area (Å²) in [4.78, 5) is 36.6. The molecule has 2 saturated heterocycles. The molecule has 37 heavy (non-hydrogen) atoms. The van der Waals surface area contributed by atoms with Crippen LogP contribution in [0.3, 0.4) is 0 Å². The maximum absolute atomic E-state index is 12.6. The van der Waals surface area contributed by atoms with E-state index in [0.717, 1.165) is 31.0 Å². The summed E-state index contributed by atoms with van der Waals surface area (Å²) in [6, 6.07) is 7.61. The molecule has 1 unspecified atom stereocenters. The van der Waals surface area contributed by atoms with Gasteiger partial charge in [0.05, 0.1) is 42.2 Å². The van der Waals surface area contributed by atoms with Crippen LogP contribution in [0.2, 0.25) is 0 Å². The third-order valence-corrected chi connectivity index (χ3v) is 7.43. The summed E-state index contributed by atoms with van der Waals surface area (Å²) in [6.45, 7) is 8.97. The van der Waals surface area contributed by atoms with Crippen molar-refractivity contribution in [2.24, 2.45) is 0 Å². The Labute approximate surface area is 220 Å². The van der Waals surface area contributed by atoms with Gasteiger partial charge in [0.1, 0.15) is 11.5 Å². The number of carbonyl (C=O) groups is 2. The third kappa shape index (κ3) is 5.84. The third-order valence-electron chi connectivity index (χ3n) is 6.68. The fraction of sp³-hybridized carbons (Fsp3) is 0.462. The van der Waals surface area contributed by atoms with Crippen LogP contribution >= 0.6 is 11.3 Å². The molecule has 2 aliphatic rings. The van der Waals surface area contributed by atoms with E-state index in [1.165, 1.54) is 11.3 Å². The van der Waals surface area contributed by atoms with E-state index >= 15 is 0 Å². The number of anilines is 2. The number of nitrogens with one attached hydrogen (secondary N) is 2. The number of aromatic nitrogens is 3.